The highest BCUT2D eigenvalue weighted by Gasteiger charge is 2.16. The van der Waals surface area contributed by atoms with E-state index in [0.29, 0.717) is 0 Å². The summed E-state index contributed by atoms with van der Waals surface area (Å²) in [6.45, 7) is 3.44. The number of nitrogens with zero attached hydrogens (tertiary/aromatic N) is 1. The van der Waals surface area contributed by atoms with Crippen molar-refractivity contribution in [2.45, 2.75) is 12.5 Å². The molecule has 1 rings (SSSR count). The third kappa shape index (κ3) is 2.94. The fourth-order valence-electron chi connectivity index (χ4n) is 1.01. The van der Waals surface area contributed by atoms with Gasteiger partial charge in [0.05, 0.1) is 0 Å². The third-order valence-electron chi connectivity index (χ3n) is 1.72. The van der Waals surface area contributed by atoms with Crippen LogP contribution in [0, 0.1) is 0 Å². The fourth-order valence-corrected chi connectivity index (χ4v) is 1.01. The number of hydrogen-bond acceptors (Lipinski definition) is 4. The molecule has 1 aromatic heterocycles. The van der Waals surface area contributed by atoms with Crippen molar-refractivity contribution >= 4 is 11.8 Å². The van der Waals surface area contributed by atoms with Crippen molar-refractivity contribution in [3.63, 3.8) is 0 Å². The second-order valence-corrected chi connectivity index (χ2v) is 2.83. The average molecular weight is 209 g/mol. The van der Waals surface area contributed by atoms with Crippen LogP contribution in [0.15, 0.2) is 29.8 Å². The number of nitrogens with one attached hydrogen (secondary N) is 2. The molecule has 80 valence electrons. The molecule has 0 aliphatic rings. The van der Waals surface area contributed by atoms with E-state index in [4.69, 9.17) is 5.11 Å². The van der Waals surface area contributed by atoms with E-state index < -0.39 is 17.6 Å². The smallest absolute Gasteiger partial charge is 0.326 e. The molecule has 6 heteroatoms. The molecule has 0 amide bonds. The van der Waals surface area contributed by atoms with E-state index in [1.165, 1.54) is 18.5 Å². The van der Waals surface area contributed by atoms with Crippen LogP contribution >= 0.6 is 0 Å². The topological polar surface area (TPSA) is 95.1 Å². The summed E-state index contributed by atoms with van der Waals surface area (Å²) in [5.41, 5.74) is -0.451. The summed E-state index contributed by atoms with van der Waals surface area (Å²) in [4.78, 5) is 28.1. The number of H-pyrrole nitrogens is 1. The van der Waals surface area contributed by atoms with Crippen molar-refractivity contribution in [1.29, 1.82) is 0 Å². The maximum Gasteiger partial charge on any atom is 0.326 e. The van der Waals surface area contributed by atoms with Gasteiger partial charge in [-0.05, 0) is 6.42 Å². The van der Waals surface area contributed by atoms with Gasteiger partial charge < -0.3 is 15.4 Å². The van der Waals surface area contributed by atoms with E-state index in [0.717, 1.165) is 0 Å². The molecule has 0 radical (unpaired) electrons. The molecule has 1 atom stereocenters. The highest BCUT2D eigenvalue weighted by molar-refractivity contribution is 5.76. The molecule has 0 aliphatic heterocycles. The second kappa shape index (κ2) is 4.94. The highest BCUT2D eigenvalue weighted by Crippen LogP contribution is 2.00. The summed E-state index contributed by atoms with van der Waals surface area (Å²) in [6, 6.07) is -0.890. The largest absolute Gasteiger partial charge is 0.480 e. The van der Waals surface area contributed by atoms with Crippen LogP contribution in [0.3, 0.4) is 0 Å². The normalized spacial score (nSPS) is 11.7. The quantitative estimate of drug-likeness (QED) is 0.602. The van der Waals surface area contributed by atoms with E-state index in [1.54, 1.807) is 0 Å². The monoisotopic (exact) mass is 209 g/mol. The van der Waals surface area contributed by atoms with Gasteiger partial charge in [-0.15, -0.1) is 6.58 Å². The van der Waals surface area contributed by atoms with E-state index >= 15 is 0 Å². The summed E-state index contributed by atoms with van der Waals surface area (Å²) in [5, 5.41) is 11.3. The molecule has 3 N–H and O–H groups in total. The zero-order valence-electron chi connectivity index (χ0n) is 7.93. The number of carbonyl (C=O) groups is 1. The SMILES string of the molecule is C=CCC(Nc1ncc[nH]c1=O)C(=O)O. The van der Waals surface area contributed by atoms with Crippen molar-refractivity contribution in [2.24, 2.45) is 0 Å². The van der Waals surface area contributed by atoms with Gasteiger partial charge in [0, 0.05) is 12.4 Å². The first kappa shape index (κ1) is 11.0. The number of carboxylic acid groups (broad SMARTS) is 1. The Kier molecular flexibility index (Phi) is 3.61. The Labute approximate surface area is 85.7 Å². The van der Waals surface area contributed by atoms with E-state index in [2.05, 4.69) is 21.9 Å². The Morgan fingerprint density at radius 3 is 3.07 bits per heavy atom. The highest BCUT2D eigenvalue weighted by atomic mass is 16.4. The maximum absolute atomic E-state index is 11.2. The Morgan fingerprint density at radius 2 is 2.53 bits per heavy atom. The molecule has 1 aromatic rings. The molecule has 0 aliphatic carbocycles. The van der Waals surface area contributed by atoms with Gasteiger partial charge in [0.15, 0.2) is 5.82 Å². The molecule has 1 unspecified atom stereocenters. The molecule has 1 heterocycles. The van der Waals surface area contributed by atoms with Crippen LogP contribution in [0.25, 0.3) is 0 Å². The number of hydrogen-bond donors (Lipinski definition) is 3. The lowest BCUT2D eigenvalue weighted by molar-refractivity contribution is -0.137. The predicted octanol–water partition coefficient (Wildman–Crippen LogP) is 0.211. The number of aliphatic carboxylic acids is 1. The zero-order chi connectivity index (χ0) is 11.3. The fraction of sp³-hybridized carbons (Fsp3) is 0.222. The minimum absolute atomic E-state index is 0.00764. The van der Waals surface area contributed by atoms with Crippen LogP contribution in [0.4, 0.5) is 5.82 Å². The van der Waals surface area contributed by atoms with Gasteiger partial charge in [-0.25, -0.2) is 9.78 Å². The second-order valence-electron chi connectivity index (χ2n) is 2.83. The minimum Gasteiger partial charge on any atom is -0.480 e. The van der Waals surface area contributed by atoms with Gasteiger partial charge in [0.1, 0.15) is 6.04 Å². The van der Waals surface area contributed by atoms with Gasteiger partial charge in [-0.2, -0.15) is 0 Å². The van der Waals surface area contributed by atoms with Crippen LogP contribution in [0.1, 0.15) is 6.42 Å². The molecule has 0 spiro atoms. The summed E-state index contributed by atoms with van der Waals surface area (Å²) in [7, 11) is 0. The van der Waals surface area contributed by atoms with Gasteiger partial charge in [0.25, 0.3) is 5.56 Å². The van der Waals surface area contributed by atoms with Gasteiger partial charge in [-0.3, -0.25) is 4.79 Å². The predicted molar refractivity (Wildman–Crippen MR) is 54.7 cm³/mol. The minimum atomic E-state index is -1.06. The first-order valence-corrected chi connectivity index (χ1v) is 4.29. The Morgan fingerprint density at radius 1 is 1.80 bits per heavy atom. The number of anilines is 1. The first-order valence-electron chi connectivity index (χ1n) is 4.29. The molecule has 0 fully saturated rings. The lowest BCUT2D eigenvalue weighted by atomic mass is 10.2. The number of aromatic nitrogens is 2. The Hall–Kier alpha value is -2.11. The molecule has 0 saturated carbocycles. The molecule has 6 nitrogen and oxygen atoms in total. The number of rotatable bonds is 5. The maximum atomic E-state index is 11.2. The summed E-state index contributed by atoms with van der Waals surface area (Å²) >= 11 is 0. The average Bonchev–Trinajstić information content (AvgIpc) is 2.20. The van der Waals surface area contributed by atoms with Crippen molar-refractivity contribution in [3.8, 4) is 0 Å². The van der Waals surface area contributed by atoms with Gasteiger partial charge >= 0.3 is 5.97 Å². The molecule has 0 aromatic carbocycles. The van der Waals surface area contributed by atoms with Crippen LogP contribution in [0.2, 0.25) is 0 Å². The van der Waals surface area contributed by atoms with E-state index in [9.17, 15) is 9.59 Å². The van der Waals surface area contributed by atoms with Gasteiger partial charge in [-0.1, -0.05) is 6.08 Å². The number of aromatic amines is 1. The van der Waals surface area contributed by atoms with Crippen LogP contribution < -0.4 is 10.9 Å². The number of carboxylic acids is 1. The lowest BCUT2D eigenvalue weighted by Crippen LogP contribution is -2.31. The van der Waals surface area contributed by atoms with Gasteiger partial charge in [0.2, 0.25) is 0 Å². The van der Waals surface area contributed by atoms with Crippen LogP contribution in [-0.4, -0.2) is 27.1 Å². The van der Waals surface area contributed by atoms with E-state index in [-0.39, 0.29) is 12.2 Å². The standard InChI is InChI=1S/C9H11N3O3/c1-2-3-6(9(14)15)12-7-8(13)11-5-4-10-7/h2,4-6H,1,3H2,(H,10,12)(H,11,13)(H,14,15). The van der Waals surface area contributed by atoms with Crippen LogP contribution in [-0.2, 0) is 4.79 Å². The van der Waals surface area contributed by atoms with Crippen molar-refractivity contribution in [1.82, 2.24) is 9.97 Å². The summed E-state index contributed by atoms with van der Waals surface area (Å²) < 4.78 is 0. The van der Waals surface area contributed by atoms with Crippen molar-refractivity contribution in [3.05, 3.63) is 35.4 Å². The molecular weight excluding hydrogens is 198 g/mol. The van der Waals surface area contributed by atoms with Crippen molar-refractivity contribution in [2.75, 3.05) is 5.32 Å². The molecular formula is C9H11N3O3. The summed E-state index contributed by atoms with van der Waals surface area (Å²) in [6.07, 6.45) is 4.42. The van der Waals surface area contributed by atoms with E-state index in [1.807, 2.05) is 0 Å². The first-order chi connectivity index (χ1) is 7.15. The summed E-state index contributed by atoms with van der Waals surface area (Å²) in [5.74, 6) is -1.06. The zero-order valence-corrected chi connectivity index (χ0v) is 7.93. The van der Waals surface area contributed by atoms with Crippen molar-refractivity contribution < 1.29 is 9.90 Å². The molecule has 15 heavy (non-hydrogen) atoms. The Balaban J connectivity index is 2.83. The van der Waals surface area contributed by atoms with Crippen LogP contribution in [0.5, 0.6) is 0 Å². The lowest BCUT2D eigenvalue weighted by Gasteiger charge is -2.11. The third-order valence-corrected chi connectivity index (χ3v) is 1.72. The molecule has 0 bridgehead atoms. The Bertz CT molecular complexity index is 413. The molecule has 0 saturated heterocycles.